The number of phenolic OH excluding ortho intramolecular Hbond substituents is 1. The SMILES string of the molecule is CC(C)(C)[Si](C)(C)OC(CNCc1ccc(C(=O)OCCCc2cccc(C3(C(=O)O[C@H]4CN5CCC4CC5)CCCCC3)c2)cn1)c1ccc(O)c2[nH]c(=O)ccc12. The molecule has 3 saturated heterocycles. The summed E-state index contributed by atoms with van der Waals surface area (Å²) in [5, 5.41) is 14.7. The smallest absolute Gasteiger partial charge is 0.339 e. The normalized spacial score (nSPS) is 20.9. The Kier molecular flexibility index (Phi) is 13.1. The quantitative estimate of drug-likeness (QED) is 0.0612. The molecule has 0 amide bonds. The van der Waals surface area contributed by atoms with Crippen LogP contribution in [0.5, 0.6) is 5.75 Å². The Labute approximate surface area is 349 Å². The topological polar surface area (TPSA) is 143 Å². The summed E-state index contributed by atoms with van der Waals surface area (Å²) in [5.41, 5.74) is 3.72. The van der Waals surface area contributed by atoms with E-state index in [2.05, 4.69) is 78.3 Å². The molecule has 316 valence electrons. The number of aromatic nitrogens is 2. The molecule has 2 bridgehead atoms. The average molecular weight is 823 g/mol. The molecule has 11 nitrogen and oxygen atoms in total. The van der Waals surface area contributed by atoms with E-state index in [4.69, 9.17) is 13.9 Å². The summed E-state index contributed by atoms with van der Waals surface area (Å²) >= 11 is 0. The molecule has 3 N–H and O–H groups in total. The van der Waals surface area contributed by atoms with Gasteiger partial charge >= 0.3 is 11.9 Å². The van der Waals surface area contributed by atoms with Crippen molar-refractivity contribution in [1.82, 2.24) is 20.2 Å². The number of aryl methyl sites for hydroxylation is 1. The molecule has 59 heavy (non-hydrogen) atoms. The molecule has 4 aromatic rings. The Bertz CT molecular complexity index is 2150. The van der Waals surface area contributed by atoms with Gasteiger partial charge in [0.1, 0.15) is 11.9 Å². The Morgan fingerprint density at radius 1 is 1.03 bits per heavy atom. The van der Waals surface area contributed by atoms with Gasteiger partial charge in [0.05, 0.1) is 34.9 Å². The minimum absolute atomic E-state index is 0.00416. The third-order valence-electron chi connectivity index (χ3n) is 13.5. The fourth-order valence-electron chi connectivity index (χ4n) is 8.88. The maximum absolute atomic E-state index is 14.0. The van der Waals surface area contributed by atoms with Crippen LogP contribution in [0.3, 0.4) is 0 Å². The van der Waals surface area contributed by atoms with Gasteiger partial charge in [-0.15, -0.1) is 0 Å². The van der Waals surface area contributed by atoms with Gasteiger partial charge in [-0.3, -0.25) is 19.5 Å². The van der Waals surface area contributed by atoms with Crippen LogP contribution in [0.25, 0.3) is 10.9 Å². The maximum atomic E-state index is 14.0. The lowest BCUT2D eigenvalue weighted by atomic mass is 9.69. The molecular formula is C47H62N4O7Si. The van der Waals surface area contributed by atoms with Crippen molar-refractivity contribution in [2.45, 2.75) is 121 Å². The van der Waals surface area contributed by atoms with Gasteiger partial charge in [-0.25, -0.2) is 4.79 Å². The van der Waals surface area contributed by atoms with Gasteiger partial charge in [0.25, 0.3) is 0 Å². The van der Waals surface area contributed by atoms with Gasteiger partial charge in [0.15, 0.2) is 8.32 Å². The van der Waals surface area contributed by atoms with E-state index in [9.17, 15) is 19.5 Å². The number of H-pyrrole nitrogens is 1. The number of aromatic hydroxyl groups is 1. The minimum atomic E-state index is -2.23. The second-order valence-electron chi connectivity index (χ2n) is 18.5. The molecule has 2 aromatic carbocycles. The number of hydrogen-bond donors (Lipinski definition) is 3. The van der Waals surface area contributed by atoms with Crippen LogP contribution < -0.4 is 10.9 Å². The van der Waals surface area contributed by atoms with E-state index in [0.717, 1.165) is 98.8 Å². The van der Waals surface area contributed by atoms with E-state index < -0.39 is 19.7 Å². The van der Waals surface area contributed by atoms with Crippen LogP contribution in [0, 0.1) is 5.92 Å². The third kappa shape index (κ3) is 9.83. The number of ether oxygens (including phenoxy) is 2. The van der Waals surface area contributed by atoms with Crippen molar-refractivity contribution >= 4 is 31.2 Å². The Hall–Kier alpha value is -4.36. The zero-order chi connectivity index (χ0) is 41.8. The number of pyridine rings is 2. The first kappa shape index (κ1) is 42.8. The molecule has 4 aliphatic rings. The third-order valence-corrected chi connectivity index (χ3v) is 18.0. The number of rotatable bonds is 15. The maximum Gasteiger partial charge on any atom is 0.339 e. The number of benzene rings is 2. The minimum Gasteiger partial charge on any atom is -0.506 e. The summed E-state index contributed by atoms with van der Waals surface area (Å²) in [7, 11) is -2.23. The molecule has 12 heteroatoms. The molecule has 8 rings (SSSR count). The van der Waals surface area contributed by atoms with Gasteiger partial charge in [-0.05, 0) is 117 Å². The molecule has 1 aliphatic carbocycles. The molecule has 5 heterocycles. The molecule has 2 atom stereocenters. The zero-order valence-corrected chi connectivity index (χ0v) is 36.5. The highest BCUT2D eigenvalue weighted by Crippen LogP contribution is 2.43. The summed E-state index contributed by atoms with van der Waals surface area (Å²) in [4.78, 5) is 48.8. The fourth-order valence-corrected chi connectivity index (χ4v) is 10.2. The number of nitrogens with zero attached hydrogens (tertiary/aromatic N) is 2. The van der Waals surface area contributed by atoms with E-state index in [1.807, 2.05) is 12.1 Å². The lowest BCUT2D eigenvalue weighted by molar-refractivity contribution is -0.167. The van der Waals surface area contributed by atoms with Crippen LogP contribution in [0.1, 0.15) is 111 Å². The molecular weight excluding hydrogens is 761 g/mol. The number of nitrogens with one attached hydrogen (secondary N) is 2. The molecule has 2 aromatic heterocycles. The first-order valence-electron chi connectivity index (χ1n) is 21.6. The highest BCUT2D eigenvalue weighted by molar-refractivity contribution is 6.74. The molecule has 0 radical (unpaired) electrons. The van der Waals surface area contributed by atoms with Crippen molar-refractivity contribution in [2.75, 3.05) is 32.8 Å². The molecule has 1 saturated carbocycles. The number of piperidine rings is 3. The van der Waals surface area contributed by atoms with E-state index in [1.54, 1.807) is 24.4 Å². The Balaban J connectivity index is 0.919. The number of hydrogen-bond acceptors (Lipinski definition) is 10. The highest BCUT2D eigenvalue weighted by atomic mass is 28.4. The van der Waals surface area contributed by atoms with Gasteiger partial charge in [0, 0.05) is 37.3 Å². The number of aromatic amines is 1. The van der Waals surface area contributed by atoms with Crippen LogP contribution in [0.15, 0.2) is 71.7 Å². The van der Waals surface area contributed by atoms with Crippen LogP contribution in [0.2, 0.25) is 18.1 Å². The number of esters is 2. The van der Waals surface area contributed by atoms with Gasteiger partial charge in [-0.2, -0.15) is 0 Å². The van der Waals surface area contributed by atoms with Crippen molar-refractivity contribution in [3.05, 3.63) is 105 Å². The van der Waals surface area contributed by atoms with Crippen molar-refractivity contribution in [1.29, 1.82) is 0 Å². The number of phenols is 1. The van der Waals surface area contributed by atoms with Crippen molar-refractivity contribution in [3.63, 3.8) is 0 Å². The Morgan fingerprint density at radius 2 is 1.81 bits per heavy atom. The summed E-state index contributed by atoms with van der Waals surface area (Å²) in [6, 6.07) is 18.6. The van der Waals surface area contributed by atoms with E-state index in [1.165, 1.54) is 6.07 Å². The van der Waals surface area contributed by atoms with E-state index >= 15 is 0 Å². The van der Waals surface area contributed by atoms with Crippen molar-refractivity contribution in [3.8, 4) is 5.75 Å². The highest BCUT2D eigenvalue weighted by Gasteiger charge is 2.46. The van der Waals surface area contributed by atoms with Crippen LogP contribution >= 0.6 is 0 Å². The number of fused-ring (bicyclic) bond motifs is 4. The predicted octanol–water partition coefficient (Wildman–Crippen LogP) is 8.11. The summed E-state index contributed by atoms with van der Waals surface area (Å²) in [5.74, 6) is 0.0364. The van der Waals surface area contributed by atoms with Crippen LogP contribution in [-0.4, -0.2) is 79.1 Å². The second kappa shape index (κ2) is 18.1. The lowest BCUT2D eigenvalue weighted by Gasteiger charge is -2.45. The molecule has 1 unspecified atom stereocenters. The average Bonchev–Trinajstić information content (AvgIpc) is 3.23. The second-order valence-corrected chi connectivity index (χ2v) is 23.2. The van der Waals surface area contributed by atoms with Crippen LogP contribution in [0.4, 0.5) is 0 Å². The van der Waals surface area contributed by atoms with Crippen molar-refractivity contribution in [2.24, 2.45) is 5.92 Å². The van der Waals surface area contributed by atoms with Gasteiger partial charge < -0.3 is 29.3 Å². The van der Waals surface area contributed by atoms with Crippen molar-refractivity contribution < 1.29 is 28.6 Å². The molecule has 4 fully saturated rings. The number of carbonyl (C=O) groups is 2. The first-order valence-corrected chi connectivity index (χ1v) is 24.5. The fraction of sp³-hybridized carbons (Fsp3) is 0.532. The van der Waals surface area contributed by atoms with E-state index in [-0.39, 0.29) is 41.1 Å². The van der Waals surface area contributed by atoms with E-state index in [0.29, 0.717) is 36.5 Å². The summed E-state index contributed by atoms with van der Waals surface area (Å²) in [6.45, 7) is 15.3. The summed E-state index contributed by atoms with van der Waals surface area (Å²) < 4.78 is 18.9. The van der Waals surface area contributed by atoms with Gasteiger partial charge in [0.2, 0.25) is 5.56 Å². The summed E-state index contributed by atoms with van der Waals surface area (Å²) in [6.07, 6.45) is 9.67. The zero-order valence-electron chi connectivity index (χ0n) is 35.5. The standard InChI is InChI=1S/C47H62N4O7Si/c1-46(2,3)59(4,5)58-40(37-16-18-39(52)43-38(37)17-19-42(53)50-43)30-48-29-36-15-14-34(28-49-36)44(54)56-26-10-12-32-11-9-13-35(27-32)47(22-7-6-8-23-47)45(55)57-41-31-51-24-20-33(41)21-25-51/h9,11,13-19,27-28,33,40-41,48,52H,6-8,10,12,20-26,29-31H2,1-5H3,(H,50,53)/t40?,41-/m0/s1. The Morgan fingerprint density at radius 3 is 2.51 bits per heavy atom. The largest absolute Gasteiger partial charge is 0.506 e. The molecule has 0 spiro atoms. The monoisotopic (exact) mass is 822 g/mol. The predicted molar refractivity (Wildman–Crippen MR) is 232 cm³/mol. The lowest BCUT2D eigenvalue weighted by Crippen LogP contribution is -2.53. The number of carbonyl (C=O) groups excluding carboxylic acids is 2. The van der Waals surface area contributed by atoms with Gasteiger partial charge in [-0.1, -0.05) is 70.4 Å². The molecule has 3 aliphatic heterocycles. The van der Waals surface area contributed by atoms with Crippen LogP contribution in [-0.2, 0) is 37.1 Å². The first-order chi connectivity index (χ1) is 28.2.